The van der Waals surface area contributed by atoms with Crippen molar-refractivity contribution in [3.8, 4) is 11.5 Å². The average molecular weight is 366 g/mol. The van der Waals surface area contributed by atoms with Crippen molar-refractivity contribution >= 4 is 6.03 Å². The Morgan fingerprint density at radius 3 is 2.78 bits per heavy atom. The van der Waals surface area contributed by atoms with E-state index in [4.69, 9.17) is 9.47 Å². The number of rotatable bonds is 5. The predicted molar refractivity (Wildman–Crippen MR) is 104 cm³/mol. The molecule has 2 aliphatic rings. The lowest BCUT2D eigenvalue weighted by molar-refractivity contribution is 0.235. The SMILES string of the molecule is COc1ccccc1C1(CNC(=O)NC2CCCOc3ccccc32)CC1. The lowest BCUT2D eigenvalue weighted by atomic mass is 9.95. The standard InChI is InChI=1S/C22H26N2O3/c1-26-20-11-5-3-8-17(20)22(12-13-22)15-23-21(25)24-18-9-6-14-27-19-10-4-2-7-16(18)19/h2-5,7-8,10-11,18H,6,9,12-15H2,1H3,(H2,23,24,25). The monoisotopic (exact) mass is 366 g/mol. The van der Waals surface area contributed by atoms with E-state index in [2.05, 4.69) is 16.7 Å². The van der Waals surface area contributed by atoms with Gasteiger partial charge in [-0.25, -0.2) is 4.79 Å². The summed E-state index contributed by atoms with van der Waals surface area (Å²) in [6.45, 7) is 1.30. The van der Waals surface area contributed by atoms with Gasteiger partial charge >= 0.3 is 6.03 Å². The molecule has 2 aromatic rings. The van der Waals surface area contributed by atoms with Crippen molar-refractivity contribution in [2.75, 3.05) is 20.3 Å². The van der Waals surface area contributed by atoms with Crippen molar-refractivity contribution < 1.29 is 14.3 Å². The molecule has 1 aliphatic heterocycles. The van der Waals surface area contributed by atoms with Crippen LogP contribution in [0.25, 0.3) is 0 Å². The predicted octanol–water partition coefficient (Wildman–Crippen LogP) is 3.94. The molecule has 0 aromatic heterocycles. The number of hydrogen-bond acceptors (Lipinski definition) is 3. The van der Waals surface area contributed by atoms with Crippen molar-refractivity contribution in [1.82, 2.24) is 10.6 Å². The number of methoxy groups -OCH3 is 1. The average Bonchev–Trinajstić information content (AvgIpc) is 3.52. The van der Waals surface area contributed by atoms with Crippen molar-refractivity contribution in [1.29, 1.82) is 0 Å². The molecular formula is C22H26N2O3. The van der Waals surface area contributed by atoms with Crippen molar-refractivity contribution in [3.63, 3.8) is 0 Å². The number of carbonyl (C=O) groups excluding carboxylic acids is 1. The number of para-hydroxylation sites is 2. The van der Waals surface area contributed by atoms with Gasteiger partial charge in [-0.2, -0.15) is 0 Å². The van der Waals surface area contributed by atoms with Crippen LogP contribution < -0.4 is 20.1 Å². The molecule has 142 valence electrons. The number of fused-ring (bicyclic) bond motifs is 1. The first kappa shape index (κ1) is 17.7. The molecule has 4 rings (SSSR count). The molecule has 2 N–H and O–H groups in total. The van der Waals surface area contributed by atoms with Gasteiger partial charge in [-0.3, -0.25) is 0 Å². The van der Waals surface area contributed by atoms with Crippen LogP contribution in [0.1, 0.15) is 42.9 Å². The van der Waals surface area contributed by atoms with E-state index in [1.165, 1.54) is 5.56 Å². The van der Waals surface area contributed by atoms with Crippen LogP contribution in [0, 0.1) is 0 Å². The third kappa shape index (κ3) is 3.72. The normalized spacial score (nSPS) is 19.8. The third-order valence-corrected chi connectivity index (χ3v) is 5.61. The minimum Gasteiger partial charge on any atom is -0.496 e. The maximum Gasteiger partial charge on any atom is 0.315 e. The molecular weight excluding hydrogens is 340 g/mol. The van der Waals surface area contributed by atoms with Crippen molar-refractivity contribution in [2.24, 2.45) is 0 Å². The van der Waals surface area contributed by atoms with Crippen LogP contribution in [0.5, 0.6) is 11.5 Å². The van der Waals surface area contributed by atoms with Crippen LogP contribution >= 0.6 is 0 Å². The summed E-state index contributed by atoms with van der Waals surface area (Å²) in [5.74, 6) is 1.76. The molecule has 5 nitrogen and oxygen atoms in total. The fraction of sp³-hybridized carbons (Fsp3) is 0.409. The maximum atomic E-state index is 12.6. The summed E-state index contributed by atoms with van der Waals surface area (Å²) in [7, 11) is 1.70. The second kappa shape index (κ2) is 7.51. The molecule has 5 heteroatoms. The lowest BCUT2D eigenvalue weighted by Gasteiger charge is -2.22. The summed E-state index contributed by atoms with van der Waals surface area (Å²) < 4.78 is 11.3. The zero-order valence-corrected chi connectivity index (χ0v) is 15.7. The number of ether oxygens (including phenoxy) is 2. The van der Waals surface area contributed by atoms with Gasteiger partial charge in [0.05, 0.1) is 19.8 Å². The number of urea groups is 1. The van der Waals surface area contributed by atoms with E-state index < -0.39 is 0 Å². The van der Waals surface area contributed by atoms with Gasteiger partial charge < -0.3 is 20.1 Å². The topological polar surface area (TPSA) is 59.6 Å². The van der Waals surface area contributed by atoms with Gasteiger partial charge in [0.25, 0.3) is 0 Å². The van der Waals surface area contributed by atoms with Gasteiger partial charge in [0.1, 0.15) is 11.5 Å². The highest BCUT2D eigenvalue weighted by Gasteiger charge is 2.46. The van der Waals surface area contributed by atoms with E-state index in [0.717, 1.165) is 42.7 Å². The molecule has 0 radical (unpaired) electrons. The minimum atomic E-state index is -0.127. The highest BCUT2D eigenvalue weighted by atomic mass is 16.5. The Kier molecular flexibility index (Phi) is 4.92. The van der Waals surface area contributed by atoms with E-state index in [1.807, 2.05) is 42.5 Å². The smallest absolute Gasteiger partial charge is 0.315 e. The molecule has 0 spiro atoms. The lowest BCUT2D eigenvalue weighted by Crippen LogP contribution is -2.41. The number of carbonyl (C=O) groups is 1. The number of benzene rings is 2. The van der Waals surface area contributed by atoms with Crippen LogP contribution in [-0.4, -0.2) is 26.3 Å². The maximum absolute atomic E-state index is 12.6. The van der Waals surface area contributed by atoms with Gasteiger partial charge in [0, 0.05) is 23.1 Å². The molecule has 1 saturated carbocycles. The molecule has 1 aliphatic carbocycles. The highest BCUT2D eigenvalue weighted by molar-refractivity contribution is 5.75. The highest BCUT2D eigenvalue weighted by Crippen LogP contribution is 2.50. The van der Waals surface area contributed by atoms with Crippen LogP contribution in [0.3, 0.4) is 0 Å². The summed E-state index contributed by atoms with van der Waals surface area (Å²) in [6, 6.07) is 15.9. The van der Waals surface area contributed by atoms with Gasteiger partial charge in [-0.05, 0) is 37.8 Å². The minimum absolute atomic E-state index is 0.00554. The zero-order chi connectivity index (χ0) is 18.7. The van der Waals surface area contributed by atoms with E-state index in [0.29, 0.717) is 13.2 Å². The first-order valence-corrected chi connectivity index (χ1v) is 9.61. The Morgan fingerprint density at radius 1 is 1.19 bits per heavy atom. The van der Waals surface area contributed by atoms with Crippen LogP contribution in [0.15, 0.2) is 48.5 Å². The van der Waals surface area contributed by atoms with Crippen LogP contribution in [-0.2, 0) is 5.41 Å². The molecule has 1 heterocycles. The molecule has 2 amide bonds. The Labute approximate surface area is 160 Å². The van der Waals surface area contributed by atoms with Crippen LogP contribution in [0.4, 0.5) is 4.79 Å². The number of amides is 2. The summed E-state index contributed by atoms with van der Waals surface area (Å²) >= 11 is 0. The zero-order valence-electron chi connectivity index (χ0n) is 15.7. The Balaban J connectivity index is 1.41. The summed E-state index contributed by atoms with van der Waals surface area (Å²) in [6.07, 6.45) is 3.92. The summed E-state index contributed by atoms with van der Waals surface area (Å²) in [4.78, 5) is 12.6. The van der Waals surface area contributed by atoms with Gasteiger partial charge in [-0.15, -0.1) is 0 Å². The quantitative estimate of drug-likeness (QED) is 0.843. The van der Waals surface area contributed by atoms with Crippen LogP contribution in [0.2, 0.25) is 0 Å². The fourth-order valence-electron chi connectivity index (χ4n) is 3.91. The summed E-state index contributed by atoms with van der Waals surface area (Å²) in [5, 5.41) is 6.22. The molecule has 1 fully saturated rings. The number of hydrogen-bond donors (Lipinski definition) is 2. The van der Waals surface area contributed by atoms with E-state index >= 15 is 0 Å². The van der Waals surface area contributed by atoms with Gasteiger partial charge in [-0.1, -0.05) is 36.4 Å². The Hall–Kier alpha value is -2.69. The first-order valence-electron chi connectivity index (χ1n) is 9.61. The van der Waals surface area contributed by atoms with Gasteiger partial charge in [0.15, 0.2) is 0 Å². The van der Waals surface area contributed by atoms with Gasteiger partial charge in [0.2, 0.25) is 0 Å². The first-order chi connectivity index (χ1) is 13.2. The molecule has 1 unspecified atom stereocenters. The molecule has 0 bridgehead atoms. The summed E-state index contributed by atoms with van der Waals surface area (Å²) in [5.41, 5.74) is 2.23. The molecule has 2 aromatic carbocycles. The Morgan fingerprint density at radius 2 is 1.96 bits per heavy atom. The van der Waals surface area contributed by atoms with E-state index in [9.17, 15) is 4.79 Å². The molecule has 27 heavy (non-hydrogen) atoms. The fourth-order valence-corrected chi connectivity index (χ4v) is 3.91. The molecule has 1 atom stereocenters. The van der Waals surface area contributed by atoms with Crippen molar-refractivity contribution in [3.05, 3.63) is 59.7 Å². The largest absolute Gasteiger partial charge is 0.496 e. The second-order valence-electron chi connectivity index (χ2n) is 7.39. The van der Waals surface area contributed by atoms with E-state index in [-0.39, 0.29) is 17.5 Å². The molecule has 0 saturated heterocycles. The van der Waals surface area contributed by atoms with E-state index in [1.54, 1.807) is 7.11 Å². The second-order valence-corrected chi connectivity index (χ2v) is 7.39. The van der Waals surface area contributed by atoms with Crippen molar-refractivity contribution in [2.45, 2.75) is 37.1 Å². The number of nitrogens with one attached hydrogen (secondary N) is 2. The third-order valence-electron chi connectivity index (χ3n) is 5.61. The Bertz CT molecular complexity index is 817.